The average molecular weight is 90.0 g/mol. The van der Waals surface area contributed by atoms with Gasteiger partial charge in [0.2, 0.25) is 0 Å². The van der Waals surface area contributed by atoms with Crippen LogP contribution in [0.4, 0.5) is 0 Å². The molecule has 0 saturated carbocycles. The van der Waals surface area contributed by atoms with Gasteiger partial charge in [-0.1, -0.05) is 0 Å². The molecule has 0 saturated heterocycles. The van der Waals surface area contributed by atoms with E-state index >= 15 is 0 Å². The van der Waals surface area contributed by atoms with Gasteiger partial charge in [-0.3, -0.25) is 4.57 Å². The van der Waals surface area contributed by atoms with Gasteiger partial charge in [-0.15, -0.1) is 0 Å². The Morgan fingerprint density at radius 3 is 2.20 bits per heavy atom. The van der Waals surface area contributed by atoms with Gasteiger partial charge in [0.05, 0.1) is 5.78 Å². The number of hydrogen-bond donors (Lipinski definition) is 1. The van der Waals surface area contributed by atoms with E-state index < -0.39 is 5.78 Å². The van der Waals surface area contributed by atoms with Crippen molar-refractivity contribution >= 4 is 8.46 Å². The minimum absolute atomic E-state index is 0.0864. The van der Waals surface area contributed by atoms with E-state index in [0.29, 0.717) is 0 Å². The van der Waals surface area contributed by atoms with Crippen molar-refractivity contribution in [3.63, 3.8) is 0 Å². The third-order valence-electron chi connectivity index (χ3n) is 0.135. The molecule has 0 aromatic heterocycles. The minimum Gasteiger partial charge on any atom is -0.318 e. The van der Waals surface area contributed by atoms with Crippen molar-refractivity contribution in [1.29, 1.82) is 0 Å². The van der Waals surface area contributed by atoms with E-state index in [1.165, 1.54) is 0 Å². The van der Waals surface area contributed by atoms with Crippen LogP contribution < -0.4 is 5.73 Å². The fraction of sp³-hybridized carbons (Fsp3) is 0.500. The topological polar surface area (TPSA) is 43.1 Å². The Balaban J connectivity index is 2.83. The smallest absolute Gasteiger partial charge is 0.174 e. The molecule has 0 aromatic carbocycles. The quantitative estimate of drug-likeness (QED) is 0.473. The van der Waals surface area contributed by atoms with Crippen LogP contribution in [0.5, 0.6) is 0 Å². The van der Waals surface area contributed by atoms with Crippen molar-refractivity contribution < 1.29 is 4.57 Å². The summed E-state index contributed by atoms with van der Waals surface area (Å²) < 4.78 is 9.41. The molecule has 1 radical (unpaired) electrons. The van der Waals surface area contributed by atoms with E-state index in [9.17, 15) is 4.57 Å². The second kappa shape index (κ2) is 2.31. The van der Waals surface area contributed by atoms with Crippen molar-refractivity contribution in [2.24, 2.45) is 5.73 Å². The predicted molar refractivity (Wildman–Crippen MR) is 20.9 cm³/mol. The average Bonchev–Trinajstić information content (AvgIpc) is 1.38. The molecule has 0 bridgehead atoms. The molecule has 0 aliphatic heterocycles. The van der Waals surface area contributed by atoms with Crippen LogP contribution in [0.15, 0.2) is 0 Å². The first-order valence-corrected chi connectivity index (χ1v) is 2.06. The van der Waals surface area contributed by atoms with Gasteiger partial charge in [-0.25, -0.2) is 0 Å². The highest BCUT2D eigenvalue weighted by molar-refractivity contribution is 7.24. The third kappa shape index (κ3) is 4.06. The maximum atomic E-state index is 9.41. The second-order valence-electron chi connectivity index (χ2n) is 0.673. The summed E-state index contributed by atoms with van der Waals surface area (Å²) in [6.07, 6.45) is 0. The molecule has 3 heteroatoms. The zero-order valence-electron chi connectivity index (χ0n) is 2.72. The van der Waals surface area contributed by atoms with Gasteiger partial charge >= 0.3 is 0 Å². The molecule has 2 N–H and O–H groups in total. The Bertz CT molecular complexity index is 36.6. The van der Waals surface area contributed by atoms with Gasteiger partial charge < -0.3 is 5.73 Å². The lowest BCUT2D eigenvalue weighted by Gasteiger charge is -1.78. The molecule has 1 atom stereocenters. The van der Waals surface area contributed by atoms with Gasteiger partial charge in [0.15, 0.2) is 8.46 Å². The van der Waals surface area contributed by atoms with Crippen LogP contribution in [-0.4, -0.2) is 5.78 Å². The van der Waals surface area contributed by atoms with Crippen LogP contribution in [0.1, 0.15) is 0 Å². The van der Waals surface area contributed by atoms with E-state index in [0.717, 1.165) is 0 Å². The van der Waals surface area contributed by atoms with Crippen molar-refractivity contribution in [1.82, 2.24) is 0 Å². The minimum atomic E-state index is -0.449. The first-order valence-electron chi connectivity index (χ1n) is 1.18. The Hall–Kier alpha value is 0.0600. The fourth-order valence-corrected chi connectivity index (χ4v) is 0. The largest absolute Gasteiger partial charge is 0.318 e. The summed E-state index contributed by atoms with van der Waals surface area (Å²) in [6.45, 7) is 3.21. The first kappa shape index (κ1) is 5.06. The lowest BCUT2D eigenvalue weighted by molar-refractivity contribution is 0.595. The molecule has 0 heterocycles. The Morgan fingerprint density at radius 1 is 2.00 bits per heavy atom. The fourth-order valence-electron chi connectivity index (χ4n) is 0. The van der Waals surface area contributed by atoms with Gasteiger partial charge in [-0.05, 0) is 6.92 Å². The van der Waals surface area contributed by atoms with Crippen molar-refractivity contribution in [2.45, 2.75) is 5.78 Å². The summed E-state index contributed by atoms with van der Waals surface area (Å²) >= 11 is 0. The molecular formula is C2H5NOP. The number of rotatable bonds is 1. The number of nitrogens with two attached hydrogens (primary N) is 1. The van der Waals surface area contributed by atoms with Crippen molar-refractivity contribution in [3.05, 3.63) is 6.92 Å². The van der Waals surface area contributed by atoms with Gasteiger partial charge in [0.25, 0.3) is 0 Å². The van der Waals surface area contributed by atoms with Crippen LogP contribution in [-0.2, 0) is 4.57 Å². The second-order valence-corrected chi connectivity index (χ2v) is 1.55. The lowest BCUT2D eigenvalue weighted by Crippen LogP contribution is -2.04. The molecule has 29 valence electrons. The molecule has 2 nitrogen and oxygen atoms in total. The predicted octanol–water partition coefficient (Wildman–Crippen LogP) is 0.397. The zero-order valence-corrected chi connectivity index (χ0v) is 3.61. The Morgan fingerprint density at radius 2 is 2.20 bits per heavy atom. The summed E-state index contributed by atoms with van der Waals surface area (Å²) in [5.41, 5.74) is 4.86. The lowest BCUT2D eigenvalue weighted by atomic mass is 10.8. The van der Waals surface area contributed by atoms with Crippen LogP contribution in [0.25, 0.3) is 0 Å². The van der Waals surface area contributed by atoms with Crippen LogP contribution >= 0.6 is 8.46 Å². The molecule has 1 unspecified atom stereocenters. The maximum Gasteiger partial charge on any atom is 0.174 e. The molecule has 0 fully saturated rings. The molecule has 0 aromatic rings. The number of hydrogen-bond acceptors (Lipinski definition) is 2. The molecule has 0 amide bonds. The molecule has 5 heavy (non-hydrogen) atoms. The van der Waals surface area contributed by atoms with Crippen LogP contribution in [0.3, 0.4) is 0 Å². The SMILES string of the molecule is [CH2]C(N)P=O. The zero-order chi connectivity index (χ0) is 4.28. The Labute approximate surface area is 32.6 Å². The van der Waals surface area contributed by atoms with Crippen molar-refractivity contribution in [2.75, 3.05) is 0 Å². The van der Waals surface area contributed by atoms with E-state index in [-0.39, 0.29) is 8.46 Å². The van der Waals surface area contributed by atoms with E-state index in [1.54, 1.807) is 0 Å². The molecule has 0 rings (SSSR count). The third-order valence-corrected chi connectivity index (χ3v) is 0.406. The normalized spacial score (nSPS) is 15.6. The highest BCUT2D eigenvalue weighted by atomic mass is 31.1. The van der Waals surface area contributed by atoms with Crippen LogP contribution in [0.2, 0.25) is 0 Å². The van der Waals surface area contributed by atoms with E-state index in [4.69, 9.17) is 5.73 Å². The van der Waals surface area contributed by atoms with E-state index in [1.807, 2.05) is 0 Å². The molecule has 0 aliphatic rings. The summed E-state index contributed by atoms with van der Waals surface area (Å²) in [6, 6.07) is 0. The van der Waals surface area contributed by atoms with Crippen LogP contribution in [0, 0.1) is 6.92 Å². The summed E-state index contributed by atoms with van der Waals surface area (Å²) in [4.78, 5) is 0. The maximum absolute atomic E-state index is 9.41. The first-order chi connectivity index (χ1) is 2.27. The Kier molecular flexibility index (Phi) is 2.33. The highest BCUT2D eigenvalue weighted by Gasteiger charge is 1.81. The highest BCUT2D eigenvalue weighted by Crippen LogP contribution is 1.92. The summed E-state index contributed by atoms with van der Waals surface area (Å²) in [5, 5.41) is 0. The van der Waals surface area contributed by atoms with Gasteiger partial charge in [-0.2, -0.15) is 0 Å². The summed E-state index contributed by atoms with van der Waals surface area (Å²) in [5.74, 6) is -0.449. The molecule has 0 aliphatic carbocycles. The summed E-state index contributed by atoms with van der Waals surface area (Å²) in [7, 11) is -0.0864. The molecule has 0 spiro atoms. The molecular weight excluding hydrogens is 85.0 g/mol. The van der Waals surface area contributed by atoms with E-state index in [2.05, 4.69) is 6.92 Å². The standard InChI is InChI=1S/C2H5NOP/c1-2(3)5-4/h2H,1,3H2. The van der Waals surface area contributed by atoms with Gasteiger partial charge in [0, 0.05) is 0 Å². The van der Waals surface area contributed by atoms with Gasteiger partial charge in [0.1, 0.15) is 0 Å². The monoisotopic (exact) mass is 90.0 g/mol. The van der Waals surface area contributed by atoms with Crippen molar-refractivity contribution in [3.8, 4) is 0 Å².